The molecule has 3 nitrogen and oxygen atoms in total. The molecule has 0 radical (unpaired) electrons. The zero-order valence-corrected chi connectivity index (χ0v) is 10.9. The van der Waals surface area contributed by atoms with Crippen LogP contribution in [0.4, 0.5) is 0 Å². The highest BCUT2D eigenvalue weighted by Crippen LogP contribution is 2.24. The van der Waals surface area contributed by atoms with Gasteiger partial charge < -0.3 is 9.67 Å². The van der Waals surface area contributed by atoms with E-state index in [0.717, 1.165) is 0 Å². The average Bonchev–Trinajstić information content (AvgIpc) is 2.27. The summed E-state index contributed by atoms with van der Waals surface area (Å²) < 4.78 is 1.81. The number of nitrogens with one attached hydrogen (secondary N) is 1. The minimum atomic E-state index is -0.767. The van der Waals surface area contributed by atoms with Gasteiger partial charge in [-0.2, -0.15) is 0 Å². The van der Waals surface area contributed by atoms with Gasteiger partial charge >= 0.3 is 0 Å². The van der Waals surface area contributed by atoms with E-state index in [2.05, 4.69) is 20.8 Å². The normalized spacial score (nSPS) is 13.2. The highest BCUT2D eigenvalue weighted by Gasteiger charge is 2.20. The first-order chi connectivity index (χ1) is 6.59. The van der Waals surface area contributed by atoms with Crippen LogP contribution in [-0.2, 0) is 12.0 Å². The van der Waals surface area contributed by atoms with Gasteiger partial charge in [0.2, 0.25) is 0 Å². The largest absolute Gasteiger partial charge is 0.389 e. The zero-order valence-electron chi connectivity index (χ0n) is 10.1. The van der Waals surface area contributed by atoms with Crippen molar-refractivity contribution in [1.29, 1.82) is 5.41 Å². The number of nitrogens with zero attached hydrogens (tertiary/aromatic N) is 1. The molecule has 0 unspecified atom stereocenters. The summed E-state index contributed by atoms with van der Waals surface area (Å²) >= 11 is 1.48. The van der Waals surface area contributed by atoms with Gasteiger partial charge in [0.1, 0.15) is 0 Å². The number of aliphatic hydroxyl groups is 1. The Morgan fingerprint density at radius 1 is 1.33 bits per heavy atom. The quantitative estimate of drug-likeness (QED) is 0.800. The van der Waals surface area contributed by atoms with Crippen LogP contribution in [0.25, 0.3) is 0 Å². The summed E-state index contributed by atoms with van der Waals surface area (Å²) in [6.07, 6.45) is 1.98. The topological polar surface area (TPSA) is 49.0 Å². The number of rotatable bonds is 2. The van der Waals surface area contributed by atoms with E-state index in [-0.39, 0.29) is 5.41 Å². The van der Waals surface area contributed by atoms with Crippen LogP contribution in [0.1, 0.15) is 39.5 Å². The number of aromatic nitrogens is 1. The monoisotopic (exact) mass is 228 g/mol. The van der Waals surface area contributed by atoms with Crippen molar-refractivity contribution in [2.75, 3.05) is 0 Å². The molecule has 86 valence electrons. The van der Waals surface area contributed by atoms with Crippen LogP contribution in [0.3, 0.4) is 0 Å². The Bertz CT molecular complexity index is 390. The van der Waals surface area contributed by atoms with Gasteiger partial charge in [-0.1, -0.05) is 20.8 Å². The van der Waals surface area contributed by atoms with E-state index in [4.69, 9.17) is 5.41 Å². The Kier molecular flexibility index (Phi) is 3.12. The first-order valence-electron chi connectivity index (χ1n) is 5.07. The fourth-order valence-electron chi connectivity index (χ4n) is 1.27. The fourth-order valence-corrected chi connectivity index (χ4v) is 2.20. The third-order valence-electron chi connectivity index (χ3n) is 2.04. The molecule has 0 aliphatic carbocycles. The van der Waals surface area contributed by atoms with Gasteiger partial charge in [0.25, 0.3) is 0 Å². The van der Waals surface area contributed by atoms with E-state index in [1.54, 1.807) is 13.8 Å². The van der Waals surface area contributed by atoms with Crippen molar-refractivity contribution in [2.45, 2.75) is 52.2 Å². The molecule has 0 spiro atoms. The van der Waals surface area contributed by atoms with Crippen molar-refractivity contribution in [3.63, 3.8) is 0 Å². The van der Waals surface area contributed by atoms with Crippen molar-refractivity contribution < 1.29 is 5.11 Å². The molecule has 0 aliphatic heterocycles. The molecule has 0 aromatic carbocycles. The van der Waals surface area contributed by atoms with Gasteiger partial charge in [0.05, 0.1) is 12.1 Å². The van der Waals surface area contributed by atoms with Gasteiger partial charge in [0, 0.05) is 11.1 Å². The predicted octanol–water partition coefficient (Wildman–Crippen LogP) is 2.10. The summed E-state index contributed by atoms with van der Waals surface area (Å²) in [5, 5.41) is 17.5. The molecule has 15 heavy (non-hydrogen) atoms. The minimum absolute atomic E-state index is 0.0747. The van der Waals surface area contributed by atoms with Gasteiger partial charge in [-0.05, 0) is 19.3 Å². The van der Waals surface area contributed by atoms with Gasteiger partial charge in [-0.25, -0.2) is 0 Å². The molecule has 0 atom stereocenters. The second kappa shape index (κ2) is 3.76. The summed E-state index contributed by atoms with van der Waals surface area (Å²) in [6.45, 7) is 10.4. The third kappa shape index (κ3) is 3.47. The molecule has 1 aromatic rings. The highest BCUT2D eigenvalue weighted by molar-refractivity contribution is 7.09. The summed E-state index contributed by atoms with van der Waals surface area (Å²) in [4.78, 5) is 1.68. The van der Waals surface area contributed by atoms with E-state index in [9.17, 15) is 5.11 Å². The third-order valence-corrected chi connectivity index (χ3v) is 3.40. The first-order valence-corrected chi connectivity index (χ1v) is 5.89. The van der Waals surface area contributed by atoms with Gasteiger partial charge in [-0.15, -0.1) is 11.3 Å². The second-order valence-electron chi connectivity index (χ2n) is 5.59. The molecule has 1 rings (SSSR count). The molecule has 0 fully saturated rings. The zero-order chi connectivity index (χ0) is 11.9. The average molecular weight is 228 g/mol. The molecule has 2 N–H and O–H groups in total. The maximum Gasteiger partial charge on any atom is 0.182 e. The lowest BCUT2D eigenvalue weighted by Gasteiger charge is -2.18. The summed E-state index contributed by atoms with van der Waals surface area (Å²) in [5.74, 6) is 0. The Hall–Kier alpha value is -0.610. The number of hydrogen-bond acceptors (Lipinski definition) is 3. The van der Waals surface area contributed by atoms with Crippen molar-refractivity contribution in [3.05, 3.63) is 15.9 Å². The molecule has 0 aliphatic rings. The lowest BCUT2D eigenvalue weighted by Crippen LogP contribution is -2.30. The van der Waals surface area contributed by atoms with Crippen molar-refractivity contribution in [1.82, 2.24) is 4.57 Å². The summed E-state index contributed by atoms with van der Waals surface area (Å²) in [5.41, 5.74) is -0.692. The summed E-state index contributed by atoms with van der Waals surface area (Å²) in [7, 11) is 0. The number of hydrogen-bond donors (Lipinski definition) is 2. The van der Waals surface area contributed by atoms with Crippen LogP contribution < -0.4 is 4.80 Å². The minimum Gasteiger partial charge on any atom is -0.389 e. The van der Waals surface area contributed by atoms with Crippen molar-refractivity contribution >= 4 is 11.3 Å². The molecular weight excluding hydrogens is 208 g/mol. The Morgan fingerprint density at radius 2 is 1.87 bits per heavy atom. The van der Waals surface area contributed by atoms with Crippen LogP contribution in [0.5, 0.6) is 0 Å². The molecule has 0 saturated carbocycles. The van der Waals surface area contributed by atoms with E-state index < -0.39 is 5.60 Å². The first kappa shape index (κ1) is 12.5. The molecule has 0 saturated heterocycles. The standard InChI is InChI=1S/C11H20N2OS/c1-10(2,3)8-6-13(9(12)15-8)7-11(4,5)14/h6,12,14H,7H2,1-5H3. The van der Waals surface area contributed by atoms with E-state index >= 15 is 0 Å². The van der Waals surface area contributed by atoms with Crippen LogP contribution in [-0.4, -0.2) is 15.3 Å². The second-order valence-corrected chi connectivity index (χ2v) is 6.62. The predicted molar refractivity (Wildman–Crippen MR) is 63.2 cm³/mol. The van der Waals surface area contributed by atoms with Crippen molar-refractivity contribution in [3.8, 4) is 0 Å². The molecule has 1 heterocycles. The van der Waals surface area contributed by atoms with Crippen LogP contribution in [0.2, 0.25) is 0 Å². The van der Waals surface area contributed by atoms with E-state index in [1.807, 2.05) is 10.8 Å². The van der Waals surface area contributed by atoms with Crippen molar-refractivity contribution in [2.24, 2.45) is 0 Å². The van der Waals surface area contributed by atoms with Gasteiger partial charge in [0.15, 0.2) is 4.80 Å². The van der Waals surface area contributed by atoms with Gasteiger partial charge in [-0.3, -0.25) is 5.41 Å². The molecular formula is C11H20N2OS. The SMILES string of the molecule is CC(C)(O)Cn1cc(C(C)(C)C)sc1=N. The van der Waals surface area contributed by atoms with E-state index in [1.165, 1.54) is 16.2 Å². The molecule has 4 heteroatoms. The fraction of sp³-hybridized carbons (Fsp3) is 0.727. The Labute approximate surface area is 94.9 Å². The lowest BCUT2D eigenvalue weighted by molar-refractivity contribution is 0.0605. The Morgan fingerprint density at radius 3 is 2.20 bits per heavy atom. The smallest absolute Gasteiger partial charge is 0.182 e. The summed E-state index contributed by atoms with van der Waals surface area (Å²) in [6, 6.07) is 0. The molecule has 0 amide bonds. The molecule has 0 bridgehead atoms. The maximum absolute atomic E-state index is 9.71. The molecule has 1 aromatic heterocycles. The lowest BCUT2D eigenvalue weighted by atomic mass is 9.95. The van der Waals surface area contributed by atoms with E-state index in [0.29, 0.717) is 11.3 Å². The number of thiazole rings is 1. The Balaban J connectivity index is 3.03. The maximum atomic E-state index is 9.71. The van der Waals surface area contributed by atoms with Crippen LogP contribution in [0, 0.1) is 5.41 Å². The highest BCUT2D eigenvalue weighted by atomic mass is 32.1. The van der Waals surface area contributed by atoms with Crippen LogP contribution in [0.15, 0.2) is 6.20 Å². The van der Waals surface area contributed by atoms with Crippen LogP contribution >= 0.6 is 11.3 Å².